The van der Waals surface area contributed by atoms with Gasteiger partial charge in [-0.25, -0.2) is 22.9 Å². The number of sulfonamides is 1. The van der Waals surface area contributed by atoms with Gasteiger partial charge in [0.05, 0.1) is 34.7 Å². The summed E-state index contributed by atoms with van der Waals surface area (Å²) in [5.74, 6) is -0.742. The van der Waals surface area contributed by atoms with E-state index in [9.17, 15) is 28.1 Å². The molecular formula is C44H47ClN8O9S. The molecule has 0 spiro atoms. The van der Waals surface area contributed by atoms with Crippen LogP contribution in [0, 0.1) is 15.5 Å². The smallest absolute Gasteiger partial charge is 0.406 e. The van der Waals surface area contributed by atoms with Crippen LogP contribution >= 0.6 is 11.6 Å². The Balaban J connectivity index is 1.02. The van der Waals surface area contributed by atoms with Gasteiger partial charge in [0.1, 0.15) is 23.8 Å². The van der Waals surface area contributed by atoms with Crippen LogP contribution in [0.4, 0.5) is 21.9 Å². The highest BCUT2D eigenvalue weighted by molar-refractivity contribution is 7.90. The molecule has 1 fully saturated rings. The number of fused-ring (bicyclic) bond motifs is 2. The second-order valence-electron chi connectivity index (χ2n) is 16.6. The normalized spacial score (nSPS) is 17.6. The van der Waals surface area contributed by atoms with Crippen molar-refractivity contribution in [1.29, 1.82) is 0 Å². The maximum absolute atomic E-state index is 14.0. The SMILES string of the molecule is COC(=O)NC[C@H]1COc2cc(S(=O)(=O)NC(=O)c3ccc(N4CCN(CC5=C(c6ccc(Cl)cc6)CC(C)(C)CC5)CC4)cc3Oc3cnc4[nH]ccc4c3)cc([N+](=O)[O-])c2N1. The number of anilines is 2. The van der Waals surface area contributed by atoms with Crippen LogP contribution in [0.25, 0.3) is 16.6 Å². The Kier molecular flexibility index (Phi) is 12.2. The molecule has 5 aromatic rings. The summed E-state index contributed by atoms with van der Waals surface area (Å²) in [7, 11) is -3.51. The number of methoxy groups -OCH3 is 1. The van der Waals surface area contributed by atoms with Crippen molar-refractivity contribution in [2.75, 3.05) is 63.2 Å². The molecule has 4 N–H and O–H groups in total. The monoisotopic (exact) mass is 898 g/mol. The molecule has 1 saturated heterocycles. The van der Waals surface area contributed by atoms with Gasteiger partial charge in [-0.15, -0.1) is 0 Å². The number of ether oxygens (including phenoxy) is 3. The molecule has 2 aromatic heterocycles. The third-order valence-corrected chi connectivity index (χ3v) is 13.2. The molecule has 0 bridgehead atoms. The average Bonchev–Trinajstić information content (AvgIpc) is 3.74. The number of nitro benzene ring substituents is 1. The minimum absolute atomic E-state index is 0.0116. The lowest BCUT2D eigenvalue weighted by molar-refractivity contribution is -0.384. The lowest BCUT2D eigenvalue weighted by atomic mass is 9.72. The van der Waals surface area contributed by atoms with Gasteiger partial charge in [-0.2, -0.15) is 0 Å². The van der Waals surface area contributed by atoms with Crippen molar-refractivity contribution >= 4 is 67.3 Å². The van der Waals surface area contributed by atoms with E-state index in [0.717, 1.165) is 62.1 Å². The molecule has 3 aliphatic rings. The van der Waals surface area contributed by atoms with Crippen molar-refractivity contribution in [3.8, 4) is 17.2 Å². The largest absolute Gasteiger partial charge is 0.489 e. The number of hydrogen-bond acceptors (Lipinski definition) is 13. The summed E-state index contributed by atoms with van der Waals surface area (Å²) in [5, 5.41) is 19.1. The highest BCUT2D eigenvalue weighted by atomic mass is 35.5. The van der Waals surface area contributed by atoms with Crippen LogP contribution in [-0.2, 0) is 14.8 Å². The van der Waals surface area contributed by atoms with Gasteiger partial charge in [0, 0.05) is 79.8 Å². The summed E-state index contributed by atoms with van der Waals surface area (Å²) in [5.41, 5.74) is 4.90. The van der Waals surface area contributed by atoms with Crippen LogP contribution < -0.4 is 29.7 Å². The first-order valence-corrected chi connectivity index (χ1v) is 22.3. The number of allylic oxidation sites excluding steroid dienone is 1. The Morgan fingerprint density at radius 2 is 1.84 bits per heavy atom. The molecule has 0 radical (unpaired) electrons. The van der Waals surface area contributed by atoms with E-state index in [1.807, 2.05) is 18.2 Å². The number of nitrogens with one attached hydrogen (secondary N) is 4. The lowest BCUT2D eigenvalue weighted by Gasteiger charge is -2.39. The molecule has 0 saturated carbocycles. The predicted molar refractivity (Wildman–Crippen MR) is 238 cm³/mol. The number of benzene rings is 3. The quantitative estimate of drug-likeness (QED) is 0.0714. The van der Waals surface area contributed by atoms with Crippen LogP contribution in [0.3, 0.4) is 0 Å². The van der Waals surface area contributed by atoms with E-state index in [1.165, 1.54) is 36.1 Å². The first-order valence-electron chi connectivity index (χ1n) is 20.4. The third kappa shape index (κ3) is 9.82. The van der Waals surface area contributed by atoms with Crippen molar-refractivity contribution in [2.24, 2.45) is 5.41 Å². The number of aromatic nitrogens is 2. The minimum Gasteiger partial charge on any atom is -0.489 e. The van der Waals surface area contributed by atoms with E-state index < -0.39 is 43.6 Å². The van der Waals surface area contributed by atoms with E-state index >= 15 is 0 Å². The highest BCUT2D eigenvalue weighted by Crippen LogP contribution is 2.44. The molecule has 1 atom stereocenters. The van der Waals surface area contributed by atoms with Gasteiger partial charge in [0.25, 0.3) is 21.6 Å². The first-order chi connectivity index (χ1) is 30.1. The average molecular weight is 899 g/mol. The number of nitrogens with zero attached hydrogens (tertiary/aromatic N) is 4. The number of nitro groups is 1. The van der Waals surface area contributed by atoms with Gasteiger partial charge in [-0.1, -0.05) is 43.2 Å². The summed E-state index contributed by atoms with van der Waals surface area (Å²) in [4.78, 5) is 48.5. The van der Waals surface area contributed by atoms with Crippen LogP contribution in [-0.4, -0.2) is 99.2 Å². The number of halogens is 1. The van der Waals surface area contributed by atoms with E-state index in [0.29, 0.717) is 29.5 Å². The second-order valence-corrected chi connectivity index (χ2v) is 18.7. The second kappa shape index (κ2) is 17.8. The number of alkyl carbamates (subject to hydrolysis) is 1. The van der Waals surface area contributed by atoms with Gasteiger partial charge >= 0.3 is 6.09 Å². The van der Waals surface area contributed by atoms with Crippen molar-refractivity contribution in [3.63, 3.8) is 0 Å². The fourth-order valence-electron chi connectivity index (χ4n) is 8.18. The van der Waals surface area contributed by atoms with E-state index in [4.69, 9.17) is 21.1 Å². The fourth-order valence-corrected chi connectivity index (χ4v) is 9.30. The Hall–Kier alpha value is -6.37. The summed E-state index contributed by atoms with van der Waals surface area (Å²) in [6, 6.07) is 18.0. The number of aromatic amines is 1. The van der Waals surface area contributed by atoms with Crippen LogP contribution in [0.2, 0.25) is 5.02 Å². The van der Waals surface area contributed by atoms with Gasteiger partial charge in [-0.3, -0.25) is 19.8 Å². The maximum atomic E-state index is 14.0. The van der Waals surface area contributed by atoms with E-state index in [-0.39, 0.29) is 41.3 Å². The van der Waals surface area contributed by atoms with Gasteiger partial charge in [0.2, 0.25) is 0 Å². The third-order valence-electron chi connectivity index (χ3n) is 11.6. The molecule has 0 unspecified atom stereocenters. The Labute approximate surface area is 368 Å². The number of carbonyl (C=O) groups excluding carboxylic acids is 2. The zero-order valence-corrected chi connectivity index (χ0v) is 36.5. The molecule has 8 rings (SSSR count). The number of pyridine rings is 1. The summed E-state index contributed by atoms with van der Waals surface area (Å²) >= 11 is 6.24. The Morgan fingerprint density at radius 1 is 1.06 bits per heavy atom. The Morgan fingerprint density at radius 3 is 2.59 bits per heavy atom. The minimum atomic E-state index is -4.71. The molecule has 63 heavy (non-hydrogen) atoms. The van der Waals surface area contributed by atoms with Crippen molar-refractivity contribution in [1.82, 2.24) is 24.9 Å². The Bertz CT molecular complexity index is 2720. The van der Waals surface area contributed by atoms with Crippen LogP contribution in [0.5, 0.6) is 17.2 Å². The number of piperazine rings is 1. The zero-order valence-electron chi connectivity index (χ0n) is 34.9. The number of hydrogen-bond donors (Lipinski definition) is 4. The number of carbonyl (C=O) groups is 2. The number of amides is 2. The molecule has 3 aromatic carbocycles. The number of H-pyrrole nitrogens is 1. The summed E-state index contributed by atoms with van der Waals surface area (Å²) in [6.45, 7) is 8.44. The predicted octanol–water partition coefficient (Wildman–Crippen LogP) is 7.35. The van der Waals surface area contributed by atoms with Gasteiger partial charge in [-0.05, 0) is 72.2 Å². The topological polar surface area (TPSA) is 210 Å². The fraction of sp³-hybridized carbons (Fsp3) is 0.341. The summed E-state index contributed by atoms with van der Waals surface area (Å²) < 4.78 is 46.2. The van der Waals surface area contributed by atoms with Crippen LogP contribution in [0.15, 0.2) is 89.6 Å². The van der Waals surface area contributed by atoms with Crippen LogP contribution in [0.1, 0.15) is 49.0 Å². The summed E-state index contributed by atoms with van der Waals surface area (Å²) in [6.07, 6.45) is 5.68. The van der Waals surface area contributed by atoms with E-state index in [1.54, 1.807) is 24.4 Å². The van der Waals surface area contributed by atoms with Gasteiger partial charge < -0.3 is 34.7 Å². The van der Waals surface area contributed by atoms with E-state index in [2.05, 4.69) is 65.8 Å². The number of rotatable bonds is 12. The molecule has 1 aliphatic carbocycles. The lowest BCUT2D eigenvalue weighted by Crippen LogP contribution is -2.47. The van der Waals surface area contributed by atoms with Gasteiger partial charge in [0.15, 0.2) is 11.4 Å². The zero-order chi connectivity index (χ0) is 44.5. The molecule has 4 heterocycles. The van der Waals surface area contributed by atoms with Crippen molar-refractivity contribution in [3.05, 3.63) is 111 Å². The highest BCUT2D eigenvalue weighted by Gasteiger charge is 2.33. The van der Waals surface area contributed by atoms with Crippen molar-refractivity contribution < 1.29 is 37.1 Å². The molecular weight excluding hydrogens is 852 g/mol. The molecule has 2 aliphatic heterocycles. The molecule has 2 amide bonds. The van der Waals surface area contributed by atoms with Crippen molar-refractivity contribution in [2.45, 2.75) is 44.0 Å². The molecule has 19 heteroatoms. The first kappa shape index (κ1) is 43.3. The molecule has 330 valence electrons. The standard InChI is InChI=1S/C44H47ClN8O9S/c1-44(2)12-10-29(36(22-44)27-4-6-30(45)7-5-27)25-51-14-16-52(17-15-51)32-8-9-35(38(19-32)62-33-18-28-11-13-46-41(28)47-24-33)42(54)50-63(58,59)34-20-37(53(56)57)40-39(21-34)61-26-31(49-40)23-48-43(55)60-3/h4-9,11,13,18-21,24,31,49H,10,12,14-17,22-23,25-26H2,1-3H3,(H,46,47)(H,48,55)(H,50,54)/t31-/m0/s1. The molecule has 17 nitrogen and oxygen atoms in total. The maximum Gasteiger partial charge on any atom is 0.406 e.